The molecule has 1 amide bonds. The first kappa shape index (κ1) is 14.0. The van der Waals surface area contributed by atoms with Gasteiger partial charge < -0.3 is 15.4 Å². The average Bonchev–Trinajstić information content (AvgIpc) is 2.94. The number of nitrogens with two attached hydrogens (primary N) is 1. The number of hydrogen-bond donors (Lipinski definition) is 1. The van der Waals surface area contributed by atoms with Crippen LogP contribution in [0.1, 0.15) is 29.7 Å². The Hall–Kier alpha value is -0.910. The van der Waals surface area contributed by atoms with Gasteiger partial charge in [0.1, 0.15) is 0 Å². The lowest BCUT2D eigenvalue weighted by atomic mass is 9.83. The molecule has 0 spiro atoms. The van der Waals surface area contributed by atoms with Gasteiger partial charge in [0.2, 0.25) is 5.91 Å². The highest BCUT2D eigenvalue weighted by atomic mass is 32.1. The lowest BCUT2D eigenvalue weighted by Crippen LogP contribution is -2.47. The summed E-state index contributed by atoms with van der Waals surface area (Å²) in [7, 11) is 1.69. The molecule has 1 aliphatic heterocycles. The van der Waals surface area contributed by atoms with Crippen LogP contribution < -0.4 is 5.73 Å². The van der Waals surface area contributed by atoms with E-state index in [1.165, 1.54) is 10.4 Å². The van der Waals surface area contributed by atoms with Crippen molar-refractivity contribution in [1.82, 2.24) is 4.90 Å². The minimum atomic E-state index is 0.0270. The third-order valence-electron chi connectivity index (χ3n) is 4.61. The summed E-state index contributed by atoms with van der Waals surface area (Å²) in [6, 6.07) is 2.22. The summed E-state index contributed by atoms with van der Waals surface area (Å²) < 4.78 is 5.42. The summed E-state index contributed by atoms with van der Waals surface area (Å²) in [5, 5.41) is 2.12. The largest absolute Gasteiger partial charge is 0.380 e. The molecule has 0 saturated heterocycles. The van der Waals surface area contributed by atoms with Gasteiger partial charge in [-0.2, -0.15) is 0 Å². The number of hydrogen-bond acceptors (Lipinski definition) is 4. The van der Waals surface area contributed by atoms with Crippen LogP contribution in [-0.2, 0) is 22.5 Å². The lowest BCUT2D eigenvalue weighted by Gasteiger charge is -2.36. The molecule has 0 aromatic carbocycles. The fourth-order valence-corrected chi connectivity index (χ4v) is 4.23. The van der Waals surface area contributed by atoms with E-state index in [2.05, 4.69) is 11.4 Å². The topological polar surface area (TPSA) is 55.6 Å². The van der Waals surface area contributed by atoms with Gasteiger partial charge in [0, 0.05) is 37.0 Å². The Morgan fingerprint density at radius 1 is 1.50 bits per heavy atom. The summed E-state index contributed by atoms with van der Waals surface area (Å²) >= 11 is 1.80. The molecule has 2 heterocycles. The van der Waals surface area contributed by atoms with Crippen molar-refractivity contribution in [2.24, 2.45) is 11.7 Å². The molecule has 1 aromatic heterocycles. The Balaban J connectivity index is 1.65. The number of fused-ring (bicyclic) bond motifs is 1. The second kappa shape index (κ2) is 5.84. The van der Waals surface area contributed by atoms with Crippen molar-refractivity contribution in [2.75, 3.05) is 13.7 Å². The molecular weight excluding hydrogens is 272 g/mol. The smallest absolute Gasteiger partial charge is 0.226 e. The molecule has 20 heavy (non-hydrogen) atoms. The van der Waals surface area contributed by atoms with E-state index in [0.717, 1.165) is 38.8 Å². The van der Waals surface area contributed by atoms with Crippen molar-refractivity contribution in [1.29, 1.82) is 0 Å². The molecular formula is C15H22N2O2S. The third-order valence-corrected chi connectivity index (χ3v) is 5.64. The summed E-state index contributed by atoms with van der Waals surface area (Å²) in [4.78, 5) is 16.1. The van der Waals surface area contributed by atoms with Crippen molar-refractivity contribution >= 4 is 17.2 Å². The highest BCUT2D eigenvalue weighted by Gasteiger charge is 2.35. The number of rotatable bonds is 2. The Morgan fingerprint density at radius 3 is 3.15 bits per heavy atom. The molecule has 1 aliphatic carbocycles. The van der Waals surface area contributed by atoms with Crippen molar-refractivity contribution in [3.05, 3.63) is 21.9 Å². The van der Waals surface area contributed by atoms with Gasteiger partial charge in [-0.3, -0.25) is 4.79 Å². The fraction of sp³-hybridized carbons (Fsp3) is 0.667. The van der Waals surface area contributed by atoms with Crippen LogP contribution in [0.25, 0.3) is 0 Å². The molecule has 110 valence electrons. The zero-order valence-electron chi connectivity index (χ0n) is 11.9. The molecule has 1 aromatic rings. The monoisotopic (exact) mass is 294 g/mol. The van der Waals surface area contributed by atoms with Crippen molar-refractivity contribution in [3.63, 3.8) is 0 Å². The van der Waals surface area contributed by atoms with Gasteiger partial charge in [0.25, 0.3) is 0 Å². The number of methoxy groups -OCH3 is 1. The van der Waals surface area contributed by atoms with Crippen LogP contribution in [0, 0.1) is 5.92 Å². The van der Waals surface area contributed by atoms with E-state index < -0.39 is 0 Å². The van der Waals surface area contributed by atoms with Gasteiger partial charge in [-0.05, 0) is 42.7 Å². The average molecular weight is 294 g/mol. The van der Waals surface area contributed by atoms with Crippen LogP contribution in [0.2, 0.25) is 0 Å². The minimum Gasteiger partial charge on any atom is -0.380 e. The molecule has 4 nitrogen and oxygen atoms in total. The molecule has 1 saturated carbocycles. The van der Waals surface area contributed by atoms with E-state index in [1.54, 1.807) is 18.4 Å². The van der Waals surface area contributed by atoms with E-state index in [1.807, 2.05) is 4.90 Å². The van der Waals surface area contributed by atoms with Crippen LogP contribution >= 0.6 is 11.3 Å². The van der Waals surface area contributed by atoms with Crippen molar-refractivity contribution in [2.45, 2.75) is 44.4 Å². The summed E-state index contributed by atoms with van der Waals surface area (Å²) in [5.74, 6) is 0.371. The predicted molar refractivity (Wildman–Crippen MR) is 79.6 cm³/mol. The number of thiophene rings is 1. The van der Waals surface area contributed by atoms with Gasteiger partial charge in [-0.25, -0.2) is 0 Å². The van der Waals surface area contributed by atoms with Crippen molar-refractivity contribution in [3.8, 4) is 0 Å². The molecule has 5 heteroatoms. The maximum absolute atomic E-state index is 12.7. The van der Waals surface area contributed by atoms with Crippen LogP contribution in [0.4, 0.5) is 0 Å². The van der Waals surface area contributed by atoms with E-state index >= 15 is 0 Å². The second-order valence-electron chi connectivity index (χ2n) is 5.83. The van der Waals surface area contributed by atoms with Gasteiger partial charge in [-0.1, -0.05) is 0 Å². The summed E-state index contributed by atoms with van der Waals surface area (Å²) in [6.07, 6.45) is 3.57. The molecule has 3 rings (SSSR count). The first-order valence-electron chi connectivity index (χ1n) is 7.31. The molecule has 0 unspecified atom stereocenters. The standard InChI is InChI=1S/C15H22N2O2S/c1-19-13-8-10(2-3-12(13)16)15(18)17-6-4-14-11(9-17)5-7-20-14/h5,7,10,12-13H,2-4,6,8-9,16H2,1H3/t10-,12-,13-/m0/s1. The molecule has 0 radical (unpaired) electrons. The van der Waals surface area contributed by atoms with Crippen LogP contribution in [-0.4, -0.2) is 36.6 Å². The predicted octanol–water partition coefficient (Wildman–Crippen LogP) is 1.78. The quantitative estimate of drug-likeness (QED) is 0.904. The van der Waals surface area contributed by atoms with Gasteiger partial charge in [0.05, 0.1) is 6.10 Å². The third kappa shape index (κ3) is 2.62. The molecule has 3 atom stereocenters. The number of carbonyl (C=O) groups is 1. The SMILES string of the molecule is CO[C@H]1C[C@@H](C(=O)N2CCc3sccc3C2)CC[C@@H]1N. The maximum atomic E-state index is 12.7. The van der Waals surface area contributed by atoms with E-state index in [-0.39, 0.29) is 24.0 Å². The Bertz CT molecular complexity index is 488. The lowest BCUT2D eigenvalue weighted by molar-refractivity contribution is -0.139. The Morgan fingerprint density at radius 2 is 2.35 bits per heavy atom. The van der Waals surface area contributed by atoms with Crippen LogP contribution in [0.15, 0.2) is 11.4 Å². The van der Waals surface area contributed by atoms with E-state index in [9.17, 15) is 4.79 Å². The Labute approximate surface area is 123 Å². The molecule has 2 aliphatic rings. The number of amides is 1. The minimum absolute atomic E-state index is 0.0270. The number of nitrogens with zero attached hydrogens (tertiary/aromatic N) is 1. The zero-order valence-corrected chi connectivity index (χ0v) is 12.7. The highest BCUT2D eigenvalue weighted by molar-refractivity contribution is 7.10. The number of ether oxygens (including phenoxy) is 1. The van der Waals surface area contributed by atoms with Gasteiger partial charge in [-0.15, -0.1) is 11.3 Å². The van der Waals surface area contributed by atoms with E-state index in [0.29, 0.717) is 0 Å². The fourth-order valence-electron chi connectivity index (χ4n) is 3.34. The molecule has 0 bridgehead atoms. The van der Waals surface area contributed by atoms with Crippen LogP contribution in [0.5, 0.6) is 0 Å². The van der Waals surface area contributed by atoms with Crippen LogP contribution in [0.3, 0.4) is 0 Å². The maximum Gasteiger partial charge on any atom is 0.226 e. The van der Waals surface area contributed by atoms with Gasteiger partial charge >= 0.3 is 0 Å². The Kier molecular flexibility index (Phi) is 4.10. The first-order chi connectivity index (χ1) is 9.69. The number of carbonyl (C=O) groups excluding carboxylic acids is 1. The highest BCUT2D eigenvalue weighted by Crippen LogP contribution is 2.30. The zero-order chi connectivity index (χ0) is 14.1. The summed E-state index contributed by atoms with van der Waals surface area (Å²) in [5.41, 5.74) is 7.36. The van der Waals surface area contributed by atoms with Gasteiger partial charge in [0.15, 0.2) is 0 Å². The first-order valence-corrected chi connectivity index (χ1v) is 8.19. The van der Waals surface area contributed by atoms with E-state index in [4.69, 9.17) is 10.5 Å². The normalized spacial score (nSPS) is 30.1. The summed E-state index contributed by atoms with van der Waals surface area (Å²) in [6.45, 7) is 1.63. The van der Waals surface area contributed by atoms with Crippen molar-refractivity contribution < 1.29 is 9.53 Å². The molecule has 1 fully saturated rings. The second-order valence-corrected chi connectivity index (χ2v) is 6.83. The molecule has 2 N–H and O–H groups in total.